The maximum absolute atomic E-state index is 12.0. The van der Waals surface area contributed by atoms with Gasteiger partial charge in [0.1, 0.15) is 34.0 Å². The van der Waals surface area contributed by atoms with Gasteiger partial charge in [0.05, 0.1) is 7.11 Å². The number of fused-ring (bicyclic) bond motifs is 1. The summed E-state index contributed by atoms with van der Waals surface area (Å²) in [5, 5.41) is 21.5. The minimum atomic E-state index is -0.680. The second kappa shape index (κ2) is 7.28. The molecule has 1 aromatic heterocycles. The van der Waals surface area contributed by atoms with Crippen LogP contribution in [-0.4, -0.2) is 33.3 Å². The molecule has 2 N–H and O–H groups in total. The van der Waals surface area contributed by atoms with Gasteiger partial charge >= 0.3 is 6.09 Å². The highest BCUT2D eigenvalue weighted by atomic mass is 16.6. The molecule has 28 heavy (non-hydrogen) atoms. The molecule has 0 atom stereocenters. The second-order valence-electron chi connectivity index (χ2n) is 5.87. The molecule has 8 nitrogen and oxygen atoms in total. The quantitative estimate of drug-likeness (QED) is 0.563. The zero-order valence-electron chi connectivity index (χ0n) is 14.9. The first-order valence-electron chi connectivity index (χ1n) is 8.41. The molecule has 0 spiro atoms. The van der Waals surface area contributed by atoms with Crippen molar-refractivity contribution in [3.8, 4) is 22.9 Å². The van der Waals surface area contributed by atoms with E-state index < -0.39 is 6.09 Å². The van der Waals surface area contributed by atoms with Crippen molar-refractivity contribution < 1.29 is 19.4 Å². The van der Waals surface area contributed by atoms with Crippen molar-refractivity contribution in [2.75, 3.05) is 12.4 Å². The predicted molar refractivity (Wildman–Crippen MR) is 103 cm³/mol. The minimum Gasteiger partial charge on any atom is -0.505 e. The smallest absolute Gasteiger partial charge is 0.417 e. The summed E-state index contributed by atoms with van der Waals surface area (Å²) < 4.78 is 10.3. The van der Waals surface area contributed by atoms with Crippen LogP contribution in [0.1, 0.15) is 0 Å². The number of carbonyl (C=O) groups is 1. The van der Waals surface area contributed by atoms with Gasteiger partial charge in [-0.2, -0.15) is 0 Å². The second-order valence-corrected chi connectivity index (χ2v) is 5.87. The Balaban J connectivity index is 1.48. The third-order valence-electron chi connectivity index (χ3n) is 4.00. The van der Waals surface area contributed by atoms with Crippen molar-refractivity contribution >= 4 is 22.8 Å². The molecule has 8 heteroatoms. The van der Waals surface area contributed by atoms with Crippen LogP contribution in [-0.2, 0) is 0 Å². The number of nitrogens with zero attached hydrogens (tertiary/aromatic N) is 3. The topological polar surface area (TPSA) is 98.5 Å². The molecule has 0 radical (unpaired) electrons. The fourth-order valence-electron chi connectivity index (χ4n) is 2.63. The summed E-state index contributed by atoms with van der Waals surface area (Å²) in [6.07, 6.45) is -0.680. The largest absolute Gasteiger partial charge is 0.505 e. The number of hydrogen-bond acceptors (Lipinski definition) is 6. The first kappa shape index (κ1) is 17.3. The molecule has 3 aromatic carbocycles. The van der Waals surface area contributed by atoms with E-state index in [0.717, 1.165) is 0 Å². The number of benzene rings is 3. The lowest BCUT2D eigenvalue weighted by molar-refractivity contribution is 0.215. The van der Waals surface area contributed by atoms with Crippen LogP contribution in [0.2, 0.25) is 0 Å². The average Bonchev–Trinajstić information content (AvgIpc) is 3.12. The number of nitrogens with one attached hydrogen (secondary N) is 1. The highest BCUT2D eigenvalue weighted by molar-refractivity contribution is 5.86. The molecule has 4 aromatic rings. The third kappa shape index (κ3) is 3.56. The summed E-state index contributed by atoms with van der Waals surface area (Å²) in [4.78, 5) is 13.4. The lowest BCUT2D eigenvalue weighted by Gasteiger charge is -2.09. The van der Waals surface area contributed by atoms with E-state index >= 15 is 0 Å². The van der Waals surface area contributed by atoms with Gasteiger partial charge in [0, 0.05) is 11.8 Å². The predicted octanol–water partition coefficient (Wildman–Crippen LogP) is 3.75. The number of amides is 1. The lowest BCUT2D eigenvalue weighted by Crippen LogP contribution is -2.16. The minimum absolute atomic E-state index is 0.116. The van der Waals surface area contributed by atoms with Gasteiger partial charge in [-0.05, 0) is 48.5 Å². The Morgan fingerprint density at radius 3 is 2.21 bits per heavy atom. The maximum Gasteiger partial charge on any atom is 0.417 e. The number of anilines is 1. The van der Waals surface area contributed by atoms with Crippen molar-refractivity contribution in [3.05, 3.63) is 66.7 Å². The normalized spacial score (nSPS) is 10.6. The summed E-state index contributed by atoms with van der Waals surface area (Å²) >= 11 is 0. The van der Waals surface area contributed by atoms with Crippen LogP contribution >= 0.6 is 0 Å². The Labute approximate surface area is 159 Å². The van der Waals surface area contributed by atoms with Crippen molar-refractivity contribution in [1.29, 1.82) is 0 Å². The molecule has 4 rings (SSSR count). The number of carbonyl (C=O) groups excluding carboxylic acids is 1. The van der Waals surface area contributed by atoms with E-state index in [1.54, 1.807) is 43.5 Å². The zero-order chi connectivity index (χ0) is 19.5. The number of phenolic OH excluding ortho intramolecular Hbond substituents is 1. The van der Waals surface area contributed by atoms with E-state index in [-0.39, 0.29) is 11.5 Å². The Morgan fingerprint density at radius 2 is 1.61 bits per heavy atom. The summed E-state index contributed by atoms with van der Waals surface area (Å²) in [5.41, 5.74) is 2.35. The van der Waals surface area contributed by atoms with Gasteiger partial charge in [0.2, 0.25) is 0 Å². The molecule has 1 amide bonds. The molecule has 0 aliphatic rings. The van der Waals surface area contributed by atoms with Gasteiger partial charge in [-0.1, -0.05) is 12.1 Å². The molecule has 1 heterocycles. The monoisotopic (exact) mass is 376 g/mol. The highest BCUT2D eigenvalue weighted by Gasteiger charge is 2.12. The number of aromatic nitrogens is 3. The molecular weight excluding hydrogens is 360 g/mol. The Bertz CT molecular complexity index is 1110. The summed E-state index contributed by atoms with van der Waals surface area (Å²) in [6.45, 7) is 0. The van der Waals surface area contributed by atoms with Crippen LogP contribution in [0, 0.1) is 0 Å². The van der Waals surface area contributed by atoms with Gasteiger partial charge in [0.25, 0.3) is 0 Å². The number of methoxy groups -OCH3 is 1. The summed E-state index contributed by atoms with van der Waals surface area (Å²) in [7, 11) is 1.56. The Hall–Kier alpha value is -4.07. The number of phenols is 1. The fraction of sp³-hybridized carbons (Fsp3) is 0.0500. The van der Waals surface area contributed by atoms with E-state index in [0.29, 0.717) is 28.2 Å². The summed E-state index contributed by atoms with van der Waals surface area (Å²) in [6, 6.07) is 18.7. The van der Waals surface area contributed by atoms with Crippen LogP contribution in [0.3, 0.4) is 0 Å². The van der Waals surface area contributed by atoms with E-state index in [1.165, 1.54) is 10.9 Å². The SMILES string of the molecule is COc1ccc(NC(=O)Oc2ccc(-n3nc4ccccc4n3)c(O)c2)cc1. The number of rotatable bonds is 4. The van der Waals surface area contributed by atoms with Gasteiger partial charge in [-0.25, -0.2) is 4.79 Å². The van der Waals surface area contributed by atoms with Crippen molar-refractivity contribution in [2.24, 2.45) is 0 Å². The number of ether oxygens (including phenoxy) is 2. The number of hydrogen-bond donors (Lipinski definition) is 2. The number of aromatic hydroxyl groups is 1. The molecule has 0 bridgehead atoms. The van der Waals surface area contributed by atoms with Gasteiger partial charge in [0.15, 0.2) is 0 Å². The van der Waals surface area contributed by atoms with Crippen LogP contribution in [0.15, 0.2) is 66.7 Å². The fourth-order valence-corrected chi connectivity index (χ4v) is 2.63. The first-order chi connectivity index (χ1) is 13.6. The zero-order valence-corrected chi connectivity index (χ0v) is 14.9. The van der Waals surface area contributed by atoms with E-state index in [2.05, 4.69) is 15.5 Å². The summed E-state index contributed by atoms with van der Waals surface area (Å²) in [5.74, 6) is 0.748. The molecule has 140 valence electrons. The molecule has 0 saturated heterocycles. The van der Waals surface area contributed by atoms with Gasteiger partial charge in [-0.3, -0.25) is 5.32 Å². The Kier molecular flexibility index (Phi) is 4.51. The standard InChI is InChI=1S/C20H16N4O4/c1-27-14-8-6-13(7-9-14)21-20(26)28-15-10-11-18(19(25)12-15)24-22-16-4-2-3-5-17(16)23-24/h2-12,25H,1H3,(H,21,26). The molecular formula is C20H16N4O4. The van der Waals surface area contributed by atoms with E-state index in [1.807, 2.05) is 24.3 Å². The van der Waals surface area contributed by atoms with Crippen LogP contribution < -0.4 is 14.8 Å². The molecule has 0 aliphatic heterocycles. The molecule has 0 fully saturated rings. The van der Waals surface area contributed by atoms with Gasteiger partial charge in [-0.15, -0.1) is 15.0 Å². The Morgan fingerprint density at radius 1 is 0.964 bits per heavy atom. The maximum atomic E-state index is 12.0. The first-order valence-corrected chi connectivity index (χ1v) is 8.41. The molecule has 0 saturated carbocycles. The molecule has 0 unspecified atom stereocenters. The third-order valence-corrected chi connectivity index (χ3v) is 4.00. The van der Waals surface area contributed by atoms with Crippen LogP contribution in [0.4, 0.5) is 10.5 Å². The van der Waals surface area contributed by atoms with Gasteiger partial charge < -0.3 is 14.6 Å². The average molecular weight is 376 g/mol. The van der Waals surface area contributed by atoms with Crippen LogP contribution in [0.25, 0.3) is 16.7 Å². The van der Waals surface area contributed by atoms with Crippen molar-refractivity contribution in [1.82, 2.24) is 15.0 Å². The van der Waals surface area contributed by atoms with Crippen LogP contribution in [0.5, 0.6) is 17.2 Å². The van der Waals surface area contributed by atoms with E-state index in [4.69, 9.17) is 9.47 Å². The highest BCUT2D eigenvalue weighted by Crippen LogP contribution is 2.27. The lowest BCUT2D eigenvalue weighted by atomic mass is 10.3. The van der Waals surface area contributed by atoms with E-state index in [9.17, 15) is 9.90 Å². The molecule has 0 aliphatic carbocycles. The van der Waals surface area contributed by atoms with Crippen molar-refractivity contribution in [2.45, 2.75) is 0 Å². The van der Waals surface area contributed by atoms with Crippen molar-refractivity contribution in [3.63, 3.8) is 0 Å².